The SMILES string of the molecule is COCCCN(CCOC)C(=O)C1COCCN1.Cl. The standard InChI is InChI=1S/C12H24N2O4.ClH/c1-16-7-3-5-14(6-9-17-2)12(15)11-10-18-8-4-13-11;/h11,13H,3-10H2,1-2H3;1H. The van der Waals surface area contributed by atoms with Gasteiger partial charge in [0, 0.05) is 40.5 Å². The van der Waals surface area contributed by atoms with Crippen LogP contribution in [0.4, 0.5) is 0 Å². The van der Waals surface area contributed by atoms with Crippen molar-refractivity contribution in [3.8, 4) is 0 Å². The maximum absolute atomic E-state index is 12.3. The van der Waals surface area contributed by atoms with Crippen molar-refractivity contribution < 1.29 is 19.0 Å². The van der Waals surface area contributed by atoms with Crippen molar-refractivity contribution in [1.82, 2.24) is 10.2 Å². The Balaban J connectivity index is 0.00000324. The van der Waals surface area contributed by atoms with Crippen molar-refractivity contribution in [3.63, 3.8) is 0 Å². The quantitative estimate of drug-likeness (QED) is 0.634. The zero-order valence-electron chi connectivity index (χ0n) is 11.7. The fraction of sp³-hybridized carbons (Fsp3) is 0.917. The number of methoxy groups -OCH3 is 2. The van der Waals surface area contributed by atoms with Gasteiger partial charge in [0.25, 0.3) is 0 Å². The van der Waals surface area contributed by atoms with Crippen molar-refractivity contribution in [2.75, 3.05) is 60.3 Å². The van der Waals surface area contributed by atoms with E-state index in [0.717, 1.165) is 13.0 Å². The molecule has 114 valence electrons. The van der Waals surface area contributed by atoms with Crippen LogP contribution in [0.3, 0.4) is 0 Å². The average Bonchev–Trinajstić information content (AvgIpc) is 2.43. The summed E-state index contributed by atoms with van der Waals surface area (Å²) in [5, 5.41) is 3.18. The third-order valence-corrected chi connectivity index (χ3v) is 2.87. The van der Waals surface area contributed by atoms with Gasteiger partial charge in [-0.2, -0.15) is 0 Å². The number of morpholine rings is 1. The topological polar surface area (TPSA) is 60.0 Å². The summed E-state index contributed by atoms with van der Waals surface area (Å²) >= 11 is 0. The van der Waals surface area contributed by atoms with Gasteiger partial charge in [-0.25, -0.2) is 0 Å². The van der Waals surface area contributed by atoms with Crippen LogP contribution in [0.15, 0.2) is 0 Å². The first-order valence-corrected chi connectivity index (χ1v) is 6.37. The van der Waals surface area contributed by atoms with Crippen LogP contribution in [0.5, 0.6) is 0 Å². The third kappa shape index (κ3) is 7.08. The van der Waals surface area contributed by atoms with Crippen molar-refractivity contribution >= 4 is 18.3 Å². The molecule has 6 nitrogen and oxygen atoms in total. The Labute approximate surface area is 121 Å². The molecule has 1 aliphatic heterocycles. The largest absolute Gasteiger partial charge is 0.385 e. The van der Waals surface area contributed by atoms with Gasteiger partial charge in [-0.15, -0.1) is 12.4 Å². The molecule has 1 amide bonds. The smallest absolute Gasteiger partial charge is 0.242 e. The molecule has 1 fully saturated rings. The molecule has 7 heteroatoms. The zero-order chi connectivity index (χ0) is 13.2. The molecule has 0 aromatic rings. The number of rotatable bonds is 8. The van der Waals surface area contributed by atoms with Gasteiger partial charge in [-0.05, 0) is 6.42 Å². The first-order valence-electron chi connectivity index (χ1n) is 6.37. The fourth-order valence-electron chi connectivity index (χ4n) is 1.88. The number of nitrogens with one attached hydrogen (secondary N) is 1. The fourth-order valence-corrected chi connectivity index (χ4v) is 1.88. The van der Waals surface area contributed by atoms with Gasteiger partial charge in [0.1, 0.15) is 6.04 Å². The van der Waals surface area contributed by atoms with Crippen LogP contribution in [0, 0.1) is 0 Å². The molecule has 0 spiro atoms. The number of carbonyl (C=O) groups excluding carboxylic acids is 1. The number of halogens is 1. The van der Waals surface area contributed by atoms with E-state index >= 15 is 0 Å². The molecule has 0 saturated carbocycles. The second-order valence-electron chi connectivity index (χ2n) is 4.25. The third-order valence-electron chi connectivity index (χ3n) is 2.87. The minimum atomic E-state index is -0.224. The summed E-state index contributed by atoms with van der Waals surface area (Å²) in [5.74, 6) is 0.0860. The van der Waals surface area contributed by atoms with Gasteiger partial charge in [0.15, 0.2) is 0 Å². The van der Waals surface area contributed by atoms with E-state index < -0.39 is 0 Å². The van der Waals surface area contributed by atoms with E-state index in [1.54, 1.807) is 14.2 Å². The lowest BCUT2D eigenvalue weighted by atomic mass is 10.2. The van der Waals surface area contributed by atoms with E-state index in [1.165, 1.54) is 0 Å². The maximum Gasteiger partial charge on any atom is 0.242 e. The van der Waals surface area contributed by atoms with Gasteiger partial charge in [-0.3, -0.25) is 4.79 Å². The number of nitrogens with zero attached hydrogens (tertiary/aromatic N) is 1. The summed E-state index contributed by atoms with van der Waals surface area (Å²) in [6.45, 7) is 4.35. The monoisotopic (exact) mass is 296 g/mol. The maximum atomic E-state index is 12.3. The van der Waals surface area contributed by atoms with Gasteiger partial charge in [-0.1, -0.05) is 0 Å². The van der Waals surface area contributed by atoms with Crippen LogP contribution < -0.4 is 5.32 Å². The van der Waals surface area contributed by atoms with E-state index in [2.05, 4.69) is 5.32 Å². The average molecular weight is 297 g/mol. The second kappa shape index (κ2) is 11.4. The number of ether oxygens (including phenoxy) is 3. The van der Waals surface area contributed by atoms with Gasteiger partial charge < -0.3 is 24.4 Å². The Morgan fingerprint density at radius 3 is 2.63 bits per heavy atom. The first kappa shape index (κ1) is 18.6. The summed E-state index contributed by atoms with van der Waals surface area (Å²) in [5.41, 5.74) is 0. The van der Waals surface area contributed by atoms with E-state index in [1.807, 2.05) is 4.90 Å². The van der Waals surface area contributed by atoms with Crippen LogP contribution >= 0.6 is 12.4 Å². The van der Waals surface area contributed by atoms with Crippen molar-refractivity contribution in [3.05, 3.63) is 0 Å². The molecule has 1 heterocycles. The molecule has 1 atom stereocenters. The minimum Gasteiger partial charge on any atom is -0.385 e. The molecular formula is C12H25ClN2O4. The molecule has 0 aliphatic carbocycles. The highest BCUT2D eigenvalue weighted by Gasteiger charge is 2.25. The van der Waals surface area contributed by atoms with E-state index in [0.29, 0.717) is 39.5 Å². The van der Waals surface area contributed by atoms with Gasteiger partial charge in [0.05, 0.1) is 19.8 Å². The number of hydrogen-bond acceptors (Lipinski definition) is 5. The lowest BCUT2D eigenvalue weighted by molar-refractivity contribution is -0.137. The van der Waals surface area contributed by atoms with E-state index in [-0.39, 0.29) is 24.4 Å². The summed E-state index contributed by atoms with van der Waals surface area (Å²) in [4.78, 5) is 14.1. The molecule has 0 aromatic carbocycles. The number of hydrogen-bond donors (Lipinski definition) is 1. The minimum absolute atomic E-state index is 0. The summed E-state index contributed by atoms with van der Waals surface area (Å²) in [6.07, 6.45) is 0.833. The normalized spacial score (nSPS) is 18.7. The van der Waals surface area contributed by atoms with Crippen LogP contribution in [-0.2, 0) is 19.0 Å². The molecule has 19 heavy (non-hydrogen) atoms. The Hall–Kier alpha value is -0.400. The van der Waals surface area contributed by atoms with Gasteiger partial charge >= 0.3 is 0 Å². The predicted molar refractivity (Wildman–Crippen MR) is 74.8 cm³/mol. The first-order chi connectivity index (χ1) is 8.79. The van der Waals surface area contributed by atoms with E-state index in [4.69, 9.17) is 14.2 Å². The molecule has 0 radical (unpaired) electrons. The highest BCUT2D eigenvalue weighted by Crippen LogP contribution is 2.02. The number of carbonyl (C=O) groups is 1. The molecule has 1 aliphatic rings. The van der Waals surface area contributed by atoms with Crippen LogP contribution in [0.25, 0.3) is 0 Å². The van der Waals surface area contributed by atoms with E-state index in [9.17, 15) is 4.79 Å². The Kier molecular flexibility index (Phi) is 11.2. The predicted octanol–water partition coefficient (Wildman–Crippen LogP) is -0.0919. The summed E-state index contributed by atoms with van der Waals surface area (Å²) < 4.78 is 15.4. The lowest BCUT2D eigenvalue weighted by Crippen LogP contribution is -2.53. The molecule has 1 unspecified atom stereocenters. The lowest BCUT2D eigenvalue weighted by Gasteiger charge is -2.30. The Morgan fingerprint density at radius 1 is 1.32 bits per heavy atom. The van der Waals surface area contributed by atoms with Crippen molar-refractivity contribution in [2.45, 2.75) is 12.5 Å². The summed E-state index contributed by atoms with van der Waals surface area (Å²) in [6, 6.07) is -0.224. The highest BCUT2D eigenvalue weighted by molar-refractivity contribution is 5.85. The van der Waals surface area contributed by atoms with Gasteiger partial charge in [0.2, 0.25) is 5.91 Å². The highest BCUT2D eigenvalue weighted by atomic mass is 35.5. The Bertz CT molecular complexity index is 238. The second-order valence-corrected chi connectivity index (χ2v) is 4.25. The number of amides is 1. The summed E-state index contributed by atoms with van der Waals surface area (Å²) in [7, 11) is 3.30. The molecule has 1 saturated heterocycles. The molecule has 1 rings (SSSR count). The molecular weight excluding hydrogens is 272 g/mol. The van der Waals surface area contributed by atoms with Crippen molar-refractivity contribution in [2.24, 2.45) is 0 Å². The molecule has 1 N–H and O–H groups in total. The molecule has 0 bridgehead atoms. The van der Waals surface area contributed by atoms with Crippen LogP contribution in [0.1, 0.15) is 6.42 Å². The van der Waals surface area contributed by atoms with Crippen LogP contribution in [-0.4, -0.2) is 77.1 Å². The zero-order valence-corrected chi connectivity index (χ0v) is 12.5. The van der Waals surface area contributed by atoms with Crippen molar-refractivity contribution in [1.29, 1.82) is 0 Å². The van der Waals surface area contributed by atoms with Crippen LogP contribution in [0.2, 0.25) is 0 Å². The molecule has 0 aromatic heterocycles. The Morgan fingerprint density at radius 2 is 2.05 bits per heavy atom.